The number of fused-ring (bicyclic) bond motifs is 1. The van der Waals surface area contributed by atoms with E-state index in [1.54, 1.807) is 0 Å². The normalized spacial score (nSPS) is 15.9. The number of urea groups is 1. The van der Waals surface area contributed by atoms with Crippen molar-refractivity contribution in [1.29, 1.82) is 0 Å². The highest BCUT2D eigenvalue weighted by Crippen LogP contribution is 2.47. The molecule has 6 rings (SSSR count). The lowest BCUT2D eigenvalue weighted by Gasteiger charge is -2.30. The van der Waals surface area contributed by atoms with E-state index in [1.807, 2.05) is 25.3 Å². The second-order valence-corrected chi connectivity index (χ2v) is 10.0. The maximum absolute atomic E-state index is 12.4. The van der Waals surface area contributed by atoms with Gasteiger partial charge in [0.15, 0.2) is 0 Å². The summed E-state index contributed by atoms with van der Waals surface area (Å²) in [5.74, 6) is 0.886. The van der Waals surface area contributed by atoms with Crippen molar-refractivity contribution >= 4 is 22.6 Å². The van der Waals surface area contributed by atoms with Gasteiger partial charge in [-0.25, -0.2) is 4.79 Å². The van der Waals surface area contributed by atoms with E-state index >= 15 is 0 Å². The topological polar surface area (TPSA) is 84.0 Å². The molecule has 0 radical (unpaired) electrons. The second-order valence-electron chi connectivity index (χ2n) is 10.0. The highest BCUT2D eigenvalue weighted by Gasteiger charge is 2.29. The van der Waals surface area contributed by atoms with E-state index in [-0.39, 0.29) is 6.03 Å². The van der Waals surface area contributed by atoms with Crippen LogP contribution in [0.4, 0.5) is 10.5 Å². The molecular formula is C29H33N5O2. The molecule has 7 nitrogen and oxygen atoms in total. The Hall–Kier alpha value is -3.74. The maximum Gasteiger partial charge on any atom is 0.319 e. The Balaban J connectivity index is 1.46. The molecule has 3 N–H and O–H groups in total. The third-order valence-electron chi connectivity index (χ3n) is 7.65. The molecule has 2 fully saturated rings. The fourth-order valence-electron chi connectivity index (χ4n) is 5.31. The van der Waals surface area contributed by atoms with Gasteiger partial charge in [-0.05, 0) is 87.8 Å². The number of amides is 2. The molecule has 2 aromatic carbocycles. The van der Waals surface area contributed by atoms with E-state index in [2.05, 4.69) is 62.7 Å². The highest BCUT2D eigenvalue weighted by molar-refractivity contribution is 6.05. The van der Waals surface area contributed by atoms with Gasteiger partial charge >= 0.3 is 6.03 Å². The van der Waals surface area contributed by atoms with Crippen molar-refractivity contribution in [1.82, 2.24) is 20.1 Å². The first-order valence-electron chi connectivity index (χ1n) is 13.1. The summed E-state index contributed by atoms with van der Waals surface area (Å²) in [5, 5.41) is 14.9. The van der Waals surface area contributed by atoms with E-state index in [0.717, 1.165) is 59.5 Å². The molecule has 0 saturated heterocycles. The van der Waals surface area contributed by atoms with Crippen LogP contribution in [0.15, 0.2) is 48.7 Å². The molecule has 186 valence electrons. The quantitative estimate of drug-likeness (QED) is 0.270. The number of aromatic amines is 1. The molecule has 36 heavy (non-hydrogen) atoms. The second kappa shape index (κ2) is 9.37. The molecular weight excluding hydrogens is 450 g/mol. The van der Waals surface area contributed by atoms with Crippen LogP contribution < -0.4 is 15.4 Å². The number of carbonyl (C=O) groups is 1. The lowest BCUT2D eigenvalue weighted by molar-refractivity contribution is 0.240. The van der Waals surface area contributed by atoms with Crippen LogP contribution in [-0.2, 0) is 0 Å². The lowest BCUT2D eigenvalue weighted by atomic mass is 9.92. The zero-order chi connectivity index (χ0) is 24.6. The summed E-state index contributed by atoms with van der Waals surface area (Å²) in [6.45, 7) is 4.75. The summed E-state index contributed by atoms with van der Waals surface area (Å²) in [4.78, 5) is 12.4. The number of ether oxygens (including phenoxy) is 1. The van der Waals surface area contributed by atoms with Crippen molar-refractivity contribution in [3.05, 3.63) is 54.2 Å². The van der Waals surface area contributed by atoms with Crippen LogP contribution in [0.3, 0.4) is 0 Å². The summed E-state index contributed by atoms with van der Waals surface area (Å²) < 4.78 is 8.38. The van der Waals surface area contributed by atoms with Crippen molar-refractivity contribution in [3.63, 3.8) is 0 Å². The van der Waals surface area contributed by atoms with Crippen LogP contribution in [-0.4, -0.2) is 33.4 Å². The first-order valence-corrected chi connectivity index (χ1v) is 13.1. The number of hydrogen-bond acceptors (Lipinski definition) is 3. The number of nitrogens with zero attached hydrogens (tertiary/aromatic N) is 2. The molecule has 7 heteroatoms. The Morgan fingerprint density at radius 3 is 2.50 bits per heavy atom. The number of nitrogens with one attached hydrogen (secondary N) is 3. The van der Waals surface area contributed by atoms with E-state index < -0.39 is 0 Å². The summed E-state index contributed by atoms with van der Waals surface area (Å²) in [6, 6.07) is 15.2. The largest absolute Gasteiger partial charge is 0.494 e. The summed E-state index contributed by atoms with van der Waals surface area (Å²) in [7, 11) is 0. The molecule has 2 aliphatic rings. The van der Waals surface area contributed by atoms with Crippen molar-refractivity contribution in [2.24, 2.45) is 0 Å². The van der Waals surface area contributed by atoms with Crippen molar-refractivity contribution in [2.45, 2.75) is 64.5 Å². The predicted octanol–water partition coefficient (Wildman–Crippen LogP) is 6.80. The smallest absolute Gasteiger partial charge is 0.319 e. The molecule has 0 aliphatic heterocycles. The van der Waals surface area contributed by atoms with Gasteiger partial charge in [-0.1, -0.05) is 12.1 Å². The first kappa shape index (κ1) is 22.7. The van der Waals surface area contributed by atoms with Gasteiger partial charge in [-0.2, -0.15) is 5.10 Å². The van der Waals surface area contributed by atoms with Gasteiger partial charge in [0.05, 0.1) is 23.5 Å². The zero-order valence-corrected chi connectivity index (χ0v) is 20.9. The Morgan fingerprint density at radius 1 is 1.11 bits per heavy atom. The van der Waals surface area contributed by atoms with E-state index in [9.17, 15) is 4.79 Å². The molecule has 0 atom stereocenters. The van der Waals surface area contributed by atoms with Crippen molar-refractivity contribution in [2.75, 3.05) is 11.9 Å². The molecule has 2 amide bonds. The summed E-state index contributed by atoms with van der Waals surface area (Å²) in [5.41, 5.74) is 7.48. The molecule has 4 aromatic rings. The van der Waals surface area contributed by atoms with Gasteiger partial charge < -0.3 is 19.9 Å². The number of benzene rings is 2. The monoisotopic (exact) mass is 483 g/mol. The highest BCUT2D eigenvalue weighted by atomic mass is 16.5. The van der Waals surface area contributed by atoms with Crippen LogP contribution in [0.2, 0.25) is 0 Å². The maximum atomic E-state index is 12.4. The lowest BCUT2D eigenvalue weighted by Crippen LogP contribution is -2.41. The Bertz CT molecular complexity index is 1390. The molecule has 2 aromatic heterocycles. The van der Waals surface area contributed by atoms with Gasteiger partial charge in [0.2, 0.25) is 0 Å². The fourth-order valence-corrected chi connectivity index (χ4v) is 5.31. The van der Waals surface area contributed by atoms with Crippen LogP contribution in [0, 0.1) is 6.92 Å². The fraction of sp³-hybridized carbons (Fsp3) is 0.379. The van der Waals surface area contributed by atoms with Gasteiger partial charge in [0.25, 0.3) is 0 Å². The van der Waals surface area contributed by atoms with Gasteiger partial charge in [0, 0.05) is 41.0 Å². The number of hydrogen-bond donors (Lipinski definition) is 3. The molecule has 2 saturated carbocycles. The number of carbonyl (C=O) groups excluding carboxylic acids is 1. The standard InChI is InChI=1S/C29H33N5O2/c1-3-36-23-14-15-24-25(16-23)34(22-8-5-9-22)28(26(24)27-18(2)17-30-33-27)19-10-12-21(13-11-19)32-29(35)31-20-6-4-7-20/h10-17,20,22H,3-9H2,1-2H3,(H,30,33)(H2,31,32,35). The number of aromatic nitrogens is 3. The SMILES string of the molecule is CCOc1ccc2c(-c3n[nH]cc3C)c(-c3ccc(NC(=O)NC4CCC4)cc3)n(C3CCC3)c2c1. The Labute approximate surface area is 211 Å². The van der Waals surface area contributed by atoms with Gasteiger partial charge in [0.1, 0.15) is 5.75 Å². The van der Waals surface area contributed by atoms with E-state index in [4.69, 9.17) is 4.74 Å². The molecule has 0 bridgehead atoms. The predicted molar refractivity (Wildman–Crippen MR) is 144 cm³/mol. The van der Waals surface area contributed by atoms with Crippen molar-refractivity contribution < 1.29 is 9.53 Å². The minimum absolute atomic E-state index is 0.132. The number of aryl methyl sites for hydroxylation is 1. The van der Waals surface area contributed by atoms with Crippen LogP contribution in [0.1, 0.15) is 57.1 Å². The zero-order valence-electron chi connectivity index (χ0n) is 20.9. The van der Waals surface area contributed by atoms with Crippen LogP contribution in [0.5, 0.6) is 5.75 Å². The minimum Gasteiger partial charge on any atom is -0.494 e. The summed E-state index contributed by atoms with van der Waals surface area (Å²) >= 11 is 0. The minimum atomic E-state index is -0.132. The van der Waals surface area contributed by atoms with Gasteiger partial charge in [-0.15, -0.1) is 0 Å². The Kier molecular flexibility index (Phi) is 5.91. The van der Waals surface area contributed by atoms with Gasteiger partial charge in [-0.3, -0.25) is 5.10 Å². The average molecular weight is 484 g/mol. The Morgan fingerprint density at radius 2 is 1.89 bits per heavy atom. The molecule has 2 heterocycles. The number of H-pyrrole nitrogens is 1. The molecule has 2 aliphatic carbocycles. The molecule has 0 unspecified atom stereocenters. The summed E-state index contributed by atoms with van der Waals surface area (Å²) in [6.07, 6.45) is 8.85. The number of rotatable bonds is 7. The van der Waals surface area contributed by atoms with Crippen molar-refractivity contribution in [3.8, 4) is 28.3 Å². The third kappa shape index (κ3) is 4.02. The molecule has 0 spiro atoms. The van der Waals surface area contributed by atoms with E-state index in [1.165, 1.54) is 29.4 Å². The van der Waals surface area contributed by atoms with Crippen LogP contribution >= 0.6 is 0 Å². The number of anilines is 1. The first-order chi connectivity index (χ1) is 17.6. The third-order valence-corrected chi connectivity index (χ3v) is 7.65. The van der Waals surface area contributed by atoms with Crippen LogP contribution in [0.25, 0.3) is 33.4 Å². The van der Waals surface area contributed by atoms with E-state index in [0.29, 0.717) is 18.7 Å². The average Bonchev–Trinajstić information content (AvgIpc) is 3.37.